The van der Waals surface area contributed by atoms with E-state index in [1.807, 2.05) is 17.9 Å². The molecule has 12 heteroatoms. The minimum absolute atomic E-state index is 0.141. The first-order valence-electron chi connectivity index (χ1n) is 11.2. The second kappa shape index (κ2) is 7.40. The van der Waals surface area contributed by atoms with Crippen molar-refractivity contribution in [3.63, 3.8) is 0 Å². The Bertz CT molecular complexity index is 1280. The first-order chi connectivity index (χ1) is 16.3. The van der Waals surface area contributed by atoms with Gasteiger partial charge in [0.2, 0.25) is 5.95 Å². The molecule has 1 aliphatic heterocycles. The summed E-state index contributed by atoms with van der Waals surface area (Å²) >= 11 is 0. The summed E-state index contributed by atoms with van der Waals surface area (Å²) in [6.45, 7) is 2.75. The number of piperidine rings is 1. The third-order valence-electron chi connectivity index (χ3n) is 7.14. The van der Waals surface area contributed by atoms with Crippen LogP contribution in [-0.2, 0) is 13.0 Å². The van der Waals surface area contributed by atoms with E-state index in [1.165, 1.54) is 0 Å². The van der Waals surface area contributed by atoms with Gasteiger partial charge in [0, 0.05) is 36.7 Å². The molecule has 0 radical (unpaired) electrons. The van der Waals surface area contributed by atoms with Crippen LogP contribution in [0.5, 0.6) is 0 Å². The molecule has 34 heavy (non-hydrogen) atoms. The van der Waals surface area contributed by atoms with Crippen molar-refractivity contribution < 1.29 is 13.6 Å². The zero-order chi connectivity index (χ0) is 23.6. The number of carbonyl (C=O) groups is 1. The molecule has 0 spiro atoms. The van der Waals surface area contributed by atoms with Crippen LogP contribution in [0.2, 0.25) is 0 Å². The van der Waals surface area contributed by atoms with Crippen LogP contribution >= 0.6 is 0 Å². The second-order valence-corrected chi connectivity index (χ2v) is 9.20. The number of hydrogen-bond donors (Lipinski definition) is 2. The van der Waals surface area contributed by atoms with Gasteiger partial charge in [-0.15, -0.1) is 5.10 Å². The lowest BCUT2D eigenvalue weighted by molar-refractivity contribution is 0.0795. The standard InChI is InChI=1S/C22H23F2N9O/c1-11-12(6-27-21(28-11)32-8-15-16(9-32)22(15,23)24)7-33-10-18(30-31-33)20(34)29-17-3-2-14-13(17)4-5-26-19(14)25/h4-6,10,15-17H,2-3,7-9H2,1H3,(H2,25,26)(H,29,34)/t15?,16?,17-/m1/s1. The van der Waals surface area contributed by atoms with E-state index < -0.39 is 17.8 Å². The number of nitrogens with zero attached hydrogens (tertiary/aromatic N) is 7. The van der Waals surface area contributed by atoms with Gasteiger partial charge in [0.05, 0.1) is 30.6 Å². The average Bonchev–Trinajstić information content (AvgIpc) is 3.37. The van der Waals surface area contributed by atoms with E-state index in [0.717, 1.165) is 35.2 Å². The van der Waals surface area contributed by atoms with Crippen molar-refractivity contribution in [2.45, 2.75) is 38.3 Å². The highest BCUT2D eigenvalue weighted by atomic mass is 19.3. The molecule has 176 valence electrons. The highest BCUT2D eigenvalue weighted by Gasteiger charge is 2.72. The molecule has 6 rings (SSSR count). The van der Waals surface area contributed by atoms with E-state index in [2.05, 4.69) is 30.6 Å². The number of rotatable bonds is 5. The van der Waals surface area contributed by atoms with E-state index in [4.69, 9.17) is 5.73 Å². The fourth-order valence-corrected chi connectivity index (χ4v) is 5.06. The molecule has 3 atom stereocenters. The molecular formula is C22H23F2N9O. The van der Waals surface area contributed by atoms with Crippen LogP contribution < -0.4 is 16.0 Å². The number of alkyl halides is 2. The fraction of sp³-hybridized carbons (Fsp3) is 0.455. The number of pyridine rings is 1. The van der Waals surface area contributed by atoms with Gasteiger partial charge in [0.25, 0.3) is 11.8 Å². The van der Waals surface area contributed by atoms with Crippen molar-refractivity contribution in [3.8, 4) is 0 Å². The molecule has 0 bridgehead atoms. The lowest BCUT2D eigenvalue weighted by Gasteiger charge is -2.20. The van der Waals surface area contributed by atoms with Crippen LogP contribution in [0.15, 0.2) is 24.7 Å². The summed E-state index contributed by atoms with van der Waals surface area (Å²) in [5.41, 5.74) is 9.65. The fourth-order valence-electron chi connectivity index (χ4n) is 5.06. The molecule has 3 aliphatic rings. The minimum Gasteiger partial charge on any atom is -0.383 e. The van der Waals surface area contributed by atoms with Crippen molar-refractivity contribution in [2.24, 2.45) is 11.8 Å². The number of nitrogens with two attached hydrogens (primary N) is 1. The molecule has 3 N–H and O–H groups in total. The molecule has 1 saturated carbocycles. The van der Waals surface area contributed by atoms with Gasteiger partial charge in [0.15, 0.2) is 5.69 Å². The van der Waals surface area contributed by atoms with Crippen LogP contribution in [0.25, 0.3) is 0 Å². The van der Waals surface area contributed by atoms with E-state index in [9.17, 15) is 13.6 Å². The van der Waals surface area contributed by atoms with Crippen LogP contribution in [-0.4, -0.2) is 54.9 Å². The van der Waals surface area contributed by atoms with Crippen molar-refractivity contribution in [2.75, 3.05) is 23.7 Å². The molecule has 3 aromatic rings. The molecule has 0 aromatic carbocycles. The molecule has 3 aromatic heterocycles. The summed E-state index contributed by atoms with van der Waals surface area (Å²) in [6, 6.07) is 1.74. The number of amides is 1. The third-order valence-corrected chi connectivity index (χ3v) is 7.14. The molecule has 1 saturated heterocycles. The van der Waals surface area contributed by atoms with Gasteiger partial charge in [-0.1, -0.05) is 5.21 Å². The SMILES string of the molecule is Cc1nc(N2CC3C(C2)C3(F)F)ncc1Cn1cc(C(=O)N[C@@H]2CCc3c2ccnc3N)nn1. The van der Waals surface area contributed by atoms with E-state index in [1.54, 1.807) is 23.3 Å². The molecule has 1 amide bonds. The first kappa shape index (κ1) is 20.9. The van der Waals surface area contributed by atoms with Gasteiger partial charge in [0.1, 0.15) is 5.82 Å². The monoisotopic (exact) mass is 467 g/mol. The van der Waals surface area contributed by atoms with E-state index in [-0.39, 0.29) is 30.7 Å². The highest BCUT2D eigenvalue weighted by Crippen LogP contribution is 2.59. The molecule has 2 unspecified atom stereocenters. The van der Waals surface area contributed by atoms with Crippen LogP contribution in [0.4, 0.5) is 20.5 Å². The number of fused-ring (bicyclic) bond motifs is 2. The summed E-state index contributed by atoms with van der Waals surface area (Å²) in [4.78, 5) is 27.5. The van der Waals surface area contributed by atoms with Crippen molar-refractivity contribution in [1.29, 1.82) is 0 Å². The predicted molar refractivity (Wildman–Crippen MR) is 117 cm³/mol. The average molecular weight is 467 g/mol. The number of nitrogen functional groups attached to an aromatic ring is 1. The van der Waals surface area contributed by atoms with Gasteiger partial charge in [-0.25, -0.2) is 28.4 Å². The van der Waals surface area contributed by atoms with E-state index in [0.29, 0.717) is 18.3 Å². The Morgan fingerprint density at radius 3 is 2.85 bits per heavy atom. The Labute approximate surface area is 193 Å². The van der Waals surface area contributed by atoms with Crippen molar-refractivity contribution in [3.05, 3.63) is 52.7 Å². The number of nitrogens with one attached hydrogen (secondary N) is 1. The quantitative estimate of drug-likeness (QED) is 0.578. The first-order valence-corrected chi connectivity index (χ1v) is 11.2. The number of hydrogen-bond acceptors (Lipinski definition) is 8. The Hall–Kier alpha value is -3.70. The number of anilines is 2. The van der Waals surface area contributed by atoms with Crippen molar-refractivity contribution >= 4 is 17.7 Å². The maximum atomic E-state index is 13.5. The van der Waals surface area contributed by atoms with E-state index >= 15 is 0 Å². The Morgan fingerprint density at radius 1 is 1.29 bits per heavy atom. The maximum absolute atomic E-state index is 13.5. The minimum atomic E-state index is -2.53. The smallest absolute Gasteiger partial charge is 0.273 e. The summed E-state index contributed by atoms with van der Waals surface area (Å²) in [7, 11) is 0. The normalized spacial score (nSPS) is 24.1. The molecular weight excluding hydrogens is 444 g/mol. The summed E-state index contributed by atoms with van der Waals surface area (Å²) < 4.78 is 28.5. The Kier molecular flexibility index (Phi) is 4.55. The van der Waals surface area contributed by atoms with Crippen molar-refractivity contribution in [1.82, 2.24) is 35.3 Å². The third kappa shape index (κ3) is 3.35. The molecule has 2 fully saturated rings. The second-order valence-electron chi connectivity index (χ2n) is 9.20. The van der Waals surface area contributed by atoms with Crippen LogP contribution in [0.3, 0.4) is 0 Å². The summed E-state index contributed by atoms with van der Waals surface area (Å²) in [6.07, 6.45) is 6.42. The van der Waals surface area contributed by atoms with Gasteiger partial charge < -0.3 is 16.0 Å². The summed E-state index contributed by atoms with van der Waals surface area (Å²) in [5.74, 6) is -3.04. The highest BCUT2D eigenvalue weighted by molar-refractivity contribution is 5.92. The molecule has 10 nitrogen and oxygen atoms in total. The van der Waals surface area contributed by atoms with Gasteiger partial charge in [-0.2, -0.15) is 0 Å². The Balaban J connectivity index is 1.10. The predicted octanol–water partition coefficient (Wildman–Crippen LogP) is 1.52. The zero-order valence-electron chi connectivity index (χ0n) is 18.4. The van der Waals surface area contributed by atoms with Gasteiger partial charge >= 0.3 is 0 Å². The van der Waals surface area contributed by atoms with Gasteiger partial charge in [-0.3, -0.25) is 4.79 Å². The Morgan fingerprint density at radius 2 is 2.09 bits per heavy atom. The number of halogens is 2. The largest absolute Gasteiger partial charge is 0.383 e. The zero-order valence-corrected chi connectivity index (χ0v) is 18.4. The molecule has 4 heterocycles. The number of carbonyl (C=O) groups excluding carboxylic acids is 1. The maximum Gasteiger partial charge on any atom is 0.273 e. The molecule has 2 aliphatic carbocycles. The summed E-state index contributed by atoms with van der Waals surface area (Å²) in [5, 5.41) is 11.1. The number of aryl methyl sites for hydroxylation is 1. The lowest BCUT2D eigenvalue weighted by atomic mass is 10.1. The topological polar surface area (TPSA) is 128 Å². The van der Waals surface area contributed by atoms with Crippen LogP contribution in [0.1, 0.15) is 45.3 Å². The van der Waals surface area contributed by atoms with Gasteiger partial charge in [-0.05, 0) is 37.0 Å². The lowest BCUT2D eigenvalue weighted by Crippen LogP contribution is -2.29. The number of aromatic nitrogens is 6. The van der Waals surface area contributed by atoms with Crippen LogP contribution in [0, 0.1) is 18.8 Å².